The molecule has 2 rings (SSSR count). The van der Waals surface area contributed by atoms with Crippen molar-refractivity contribution < 1.29 is 28.9 Å². The van der Waals surface area contributed by atoms with Gasteiger partial charge < -0.3 is 9.68 Å². The van der Waals surface area contributed by atoms with Crippen LogP contribution in [0.15, 0.2) is 68.6 Å². The van der Waals surface area contributed by atoms with Gasteiger partial charge in [-0.2, -0.15) is 0 Å². The minimum absolute atomic E-state index is 0.0726. The van der Waals surface area contributed by atoms with E-state index < -0.39 is 11.9 Å². The topological polar surface area (TPSA) is 111 Å². The highest BCUT2D eigenvalue weighted by atomic mass is 32.2. The van der Waals surface area contributed by atoms with Crippen molar-refractivity contribution in [2.45, 2.75) is 37.5 Å². The molecule has 0 spiro atoms. The Morgan fingerprint density at radius 3 is 1.23 bits per heavy atom. The normalized spacial score (nSPS) is 11.6. The molecular weight excluding hydrogens is 420 g/mol. The molecule has 0 unspecified atom stereocenters. The summed E-state index contributed by atoms with van der Waals surface area (Å²) in [5.41, 5.74) is 0.981. The molecule has 31 heavy (non-hydrogen) atoms. The Bertz CT molecular complexity index is 971. The van der Waals surface area contributed by atoms with Crippen molar-refractivity contribution >= 4 is 46.7 Å². The Balaban J connectivity index is 2.04. The fraction of sp³-hybridized carbons (Fsp3) is 0.182. The highest BCUT2D eigenvalue weighted by Gasteiger charge is 2.13. The van der Waals surface area contributed by atoms with Gasteiger partial charge in [0, 0.05) is 34.8 Å². The maximum Gasteiger partial charge on any atom is 0.331 e. The highest BCUT2D eigenvalue weighted by Crippen LogP contribution is 2.28. The predicted molar refractivity (Wildman–Crippen MR) is 115 cm³/mol. The van der Waals surface area contributed by atoms with Gasteiger partial charge in [0.05, 0.1) is 0 Å². The predicted octanol–water partition coefficient (Wildman–Crippen LogP) is 4.08. The molecule has 0 saturated carbocycles. The van der Waals surface area contributed by atoms with Crippen molar-refractivity contribution in [1.29, 1.82) is 0 Å². The molecule has 0 aliphatic heterocycles. The fourth-order valence-electron chi connectivity index (χ4n) is 2.25. The number of oxime groups is 2. The lowest BCUT2D eigenvalue weighted by atomic mass is 10.1. The highest BCUT2D eigenvalue weighted by molar-refractivity contribution is 7.99. The number of Topliss-reactive ketones (excluding diaryl/α,β-unsaturated/α-hetero) is 2. The smallest absolute Gasteiger partial charge is 0.318 e. The maximum atomic E-state index is 12.3. The minimum atomic E-state index is -0.599. The molecule has 0 saturated heterocycles. The number of carbonyl (C=O) groups excluding carboxylic acids is 4. The second-order valence-corrected chi connectivity index (χ2v) is 7.48. The zero-order valence-corrected chi connectivity index (χ0v) is 18.2. The number of rotatable bonds is 8. The number of hydrogen-bond donors (Lipinski definition) is 0. The molecule has 2 aromatic carbocycles. The van der Waals surface area contributed by atoms with Gasteiger partial charge in [-0.3, -0.25) is 9.59 Å². The molecule has 0 aliphatic carbocycles. The number of carbonyl (C=O) groups is 4. The van der Waals surface area contributed by atoms with Crippen molar-refractivity contribution in [1.82, 2.24) is 0 Å². The van der Waals surface area contributed by atoms with Crippen molar-refractivity contribution in [2.75, 3.05) is 0 Å². The molecular formula is C22H20N2O6S. The van der Waals surface area contributed by atoms with E-state index in [1.165, 1.54) is 39.5 Å². The average molecular weight is 440 g/mol. The molecule has 0 heterocycles. The quantitative estimate of drug-likeness (QED) is 0.263. The Labute approximate surface area is 183 Å². The average Bonchev–Trinajstić information content (AvgIpc) is 2.75. The van der Waals surface area contributed by atoms with E-state index in [-0.39, 0.29) is 23.0 Å². The lowest BCUT2D eigenvalue weighted by Crippen LogP contribution is -2.11. The summed E-state index contributed by atoms with van der Waals surface area (Å²) in [5, 5.41) is 6.99. The molecule has 0 N–H and O–H groups in total. The Morgan fingerprint density at radius 1 is 0.613 bits per heavy atom. The summed E-state index contributed by atoms with van der Waals surface area (Å²) in [6.45, 7) is 5.34. The second-order valence-electron chi connectivity index (χ2n) is 6.33. The Morgan fingerprint density at radius 2 is 0.935 bits per heavy atom. The third-order valence-corrected chi connectivity index (χ3v) is 4.76. The molecule has 0 radical (unpaired) electrons. The van der Waals surface area contributed by atoms with Gasteiger partial charge in [0.1, 0.15) is 11.4 Å². The fourth-order valence-corrected chi connectivity index (χ4v) is 3.07. The second kappa shape index (κ2) is 11.0. The van der Waals surface area contributed by atoms with Gasteiger partial charge in [-0.15, -0.1) is 0 Å². The molecule has 2 aromatic rings. The number of nitrogens with zero attached hydrogens (tertiary/aromatic N) is 2. The van der Waals surface area contributed by atoms with Crippen LogP contribution < -0.4 is 0 Å². The van der Waals surface area contributed by atoms with E-state index in [2.05, 4.69) is 20.0 Å². The summed E-state index contributed by atoms with van der Waals surface area (Å²) in [6.07, 6.45) is 0. The standard InChI is InChI=1S/C22H20N2O6S/c1-13(23-29-15(3)25)21(27)17-5-9-19(10-6-17)31-20-11-7-18(8-12-20)22(28)14(2)24-30-16(4)26/h5-12H,1-4H3/b23-13+,24-14+. The van der Waals surface area contributed by atoms with E-state index in [4.69, 9.17) is 0 Å². The van der Waals surface area contributed by atoms with Crippen molar-refractivity contribution in [3.63, 3.8) is 0 Å². The van der Waals surface area contributed by atoms with Crippen LogP contribution in [0.2, 0.25) is 0 Å². The number of ketones is 2. The summed E-state index contributed by atoms with van der Waals surface area (Å²) < 4.78 is 0. The van der Waals surface area contributed by atoms with Crippen LogP contribution in [0.3, 0.4) is 0 Å². The lowest BCUT2D eigenvalue weighted by Gasteiger charge is -2.05. The third-order valence-electron chi connectivity index (χ3n) is 3.75. The summed E-state index contributed by atoms with van der Waals surface area (Å²) in [7, 11) is 0. The third kappa shape index (κ3) is 7.31. The first kappa shape index (κ1) is 23.7. The van der Waals surface area contributed by atoms with E-state index in [1.807, 2.05) is 0 Å². The molecule has 0 aromatic heterocycles. The summed E-state index contributed by atoms with van der Waals surface area (Å²) in [6, 6.07) is 13.8. The molecule has 0 bridgehead atoms. The lowest BCUT2D eigenvalue weighted by molar-refractivity contribution is -0.141. The molecule has 0 amide bonds. The summed E-state index contributed by atoms with van der Waals surface area (Å²) in [4.78, 5) is 56.9. The van der Waals surface area contributed by atoms with Crippen molar-refractivity contribution in [3.8, 4) is 0 Å². The Hall–Kier alpha value is -3.59. The first-order valence-corrected chi connectivity index (χ1v) is 9.90. The Kier molecular flexibility index (Phi) is 8.39. The number of benzene rings is 2. The first-order chi connectivity index (χ1) is 14.7. The van der Waals surface area contributed by atoms with Crippen LogP contribution in [0.5, 0.6) is 0 Å². The van der Waals surface area contributed by atoms with Crippen LogP contribution in [0, 0.1) is 0 Å². The van der Waals surface area contributed by atoms with E-state index in [0.29, 0.717) is 11.1 Å². The van der Waals surface area contributed by atoms with Crippen molar-refractivity contribution in [2.24, 2.45) is 10.3 Å². The van der Waals surface area contributed by atoms with E-state index in [9.17, 15) is 19.2 Å². The molecule has 0 aliphatic rings. The monoisotopic (exact) mass is 440 g/mol. The van der Waals surface area contributed by atoms with Gasteiger partial charge in [0.25, 0.3) is 0 Å². The zero-order valence-electron chi connectivity index (χ0n) is 17.4. The van der Waals surface area contributed by atoms with Crippen LogP contribution in [0.1, 0.15) is 48.4 Å². The van der Waals surface area contributed by atoms with Gasteiger partial charge in [-0.1, -0.05) is 22.1 Å². The van der Waals surface area contributed by atoms with Gasteiger partial charge in [-0.05, 0) is 62.4 Å². The van der Waals surface area contributed by atoms with Gasteiger partial charge in [0.15, 0.2) is 0 Å². The van der Waals surface area contributed by atoms with Gasteiger partial charge in [0.2, 0.25) is 11.6 Å². The first-order valence-electron chi connectivity index (χ1n) is 9.09. The van der Waals surface area contributed by atoms with Crippen molar-refractivity contribution in [3.05, 3.63) is 59.7 Å². The van der Waals surface area contributed by atoms with Crippen LogP contribution in [-0.2, 0) is 19.3 Å². The SMILES string of the molecule is CC(=O)O/N=C(\C)C(=O)c1ccc(Sc2ccc(C(=O)/C(C)=N/OC(C)=O)cc2)cc1. The molecule has 8 nitrogen and oxygen atoms in total. The molecule has 0 atom stereocenters. The van der Waals surface area contributed by atoms with Crippen LogP contribution in [-0.4, -0.2) is 34.9 Å². The molecule has 0 fully saturated rings. The van der Waals surface area contributed by atoms with Crippen LogP contribution in [0.4, 0.5) is 0 Å². The minimum Gasteiger partial charge on any atom is -0.318 e. The largest absolute Gasteiger partial charge is 0.331 e. The van der Waals surface area contributed by atoms with Crippen LogP contribution in [0.25, 0.3) is 0 Å². The molecule has 9 heteroatoms. The number of hydrogen-bond acceptors (Lipinski definition) is 9. The van der Waals surface area contributed by atoms with E-state index in [1.54, 1.807) is 48.5 Å². The van der Waals surface area contributed by atoms with Crippen LogP contribution >= 0.6 is 11.8 Å². The zero-order chi connectivity index (χ0) is 23.0. The van der Waals surface area contributed by atoms with E-state index >= 15 is 0 Å². The molecule has 160 valence electrons. The summed E-state index contributed by atoms with van der Waals surface area (Å²) >= 11 is 1.45. The van der Waals surface area contributed by atoms with Gasteiger partial charge >= 0.3 is 11.9 Å². The summed E-state index contributed by atoms with van der Waals surface area (Å²) in [5.74, 6) is -1.88. The van der Waals surface area contributed by atoms with E-state index in [0.717, 1.165) is 9.79 Å². The maximum absolute atomic E-state index is 12.3. The van der Waals surface area contributed by atoms with Gasteiger partial charge in [-0.25, -0.2) is 9.59 Å².